The Morgan fingerprint density at radius 1 is 1.08 bits per heavy atom. The summed E-state index contributed by atoms with van der Waals surface area (Å²) in [4.78, 5) is 48.0. The summed E-state index contributed by atoms with van der Waals surface area (Å²) in [6.07, 6.45) is 5.09. The van der Waals surface area contributed by atoms with Crippen LogP contribution < -0.4 is 16.4 Å². The van der Waals surface area contributed by atoms with Gasteiger partial charge in [-0.3, -0.25) is 14.5 Å². The number of morpholine rings is 1. The first-order chi connectivity index (χ1) is 22.7. The van der Waals surface area contributed by atoms with E-state index in [4.69, 9.17) is 10.5 Å². The average Bonchev–Trinajstić information content (AvgIpc) is 3.73. The van der Waals surface area contributed by atoms with Gasteiger partial charge < -0.3 is 35.8 Å². The second-order valence-electron chi connectivity index (χ2n) is 11.2. The Hall–Kier alpha value is -5.50. The van der Waals surface area contributed by atoms with Gasteiger partial charge in [0.25, 0.3) is 5.91 Å². The van der Waals surface area contributed by atoms with E-state index < -0.39 is 5.97 Å². The third-order valence-corrected chi connectivity index (χ3v) is 7.88. The predicted octanol–water partition coefficient (Wildman–Crippen LogP) is 4.28. The zero-order chi connectivity index (χ0) is 32.9. The number of fused-ring (bicyclic) bond motifs is 2. The van der Waals surface area contributed by atoms with Crippen molar-refractivity contribution in [3.63, 3.8) is 0 Å². The number of carboxylic acids is 1. The quantitative estimate of drug-likeness (QED) is 0.151. The normalized spacial score (nSPS) is 14.9. The number of aromatic amines is 1. The number of amides is 2. The zero-order valence-electron chi connectivity index (χ0n) is 26.1. The van der Waals surface area contributed by atoms with E-state index in [0.29, 0.717) is 53.8 Å². The highest BCUT2D eigenvalue weighted by molar-refractivity contribution is 6.35. The number of nitrogens with one attached hydrogen (secondary N) is 3. The van der Waals surface area contributed by atoms with Gasteiger partial charge in [-0.05, 0) is 54.5 Å². The topological polar surface area (TPSA) is 180 Å². The number of ether oxygens (including phenoxy) is 1. The molecule has 0 saturated carbocycles. The van der Waals surface area contributed by atoms with Gasteiger partial charge in [0.1, 0.15) is 23.7 Å². The van der Waals surface area contributed by atoms with Crippen LogP contribution >= 0.6 is 12.4 Å². The van der Waals surface area contributed by atoms with Gasteiger partial charge in [-0.15, -0.1) is 12.4 Å². The van der Waals surface area contributed by atoms with Gasteiger partial charge in [0.05, 0.1) is 30.9 Å². The van der Waals surface area contributed by atoms with Gasteiger partial charge >= 0.3 is 5.97 Å². The van der Waals surface area contributed by atoms with E-state index in [1.807, 2.05) is 35.2 Å². The van der Waals surface area contributed by atoms with Crippen molar-refractivity contribution in [2.45, 2.75) is 13.5 Å². The first-order valence-electron chi connectivity index (χ1n) is 15.0. The van der Waals surface area contributed by atoms with Crippen molar-refractivity contribution in [2.75, 3.05) is 43.5 Å². The summed E-state index contributed by atoms with van der Waals surface area (Å²) in [7, 11) is 0. The van der Waals surface area contributed by atoms with Crippen molar-refractivity contribution >= 4 is 70.1 Å². The molecule has 5 heterocycles. The Kier molecular flexibility index (Phi) is 10.5. The highest BCUT2D eigenvalue weighted by Crippen LogP contribution is 2.37. The highest BCUT2D eigenvalue weighted by Gasteiger charge is 2.30. The van der Waals surface area contributed by atoms with Crippen LogP contribution in [0.2, 0.25) is 0 Å². The summed E-state index contributed by atoms with van der Waals surface area (Å²) >= 11 is 0. The maximum atomic E-state index is 12.8. The summed E-state index contributed by atoms with van der Waals surface area (Å²) in [5.74, 6) is -0.797. The number of nitrogens with two attached hydrogens (primary N) is 1. The van der Waals surface area contributed by atoms with Crippen molar-refractivity contribution in [3.8, 4) is 0 Å². The number of H-pyrrole nitrogens is 1. The van der Waals surface area contributed by atoms with Gasteiger partial charge in [0, 0.05) is 48.1 Å². The lowest BCUT2D eigenvalue weighted by Crippen LogP contribution is -2.41. The minimum atomic E-state index is -1.07. The van der Waals surface area contributed by atoms with E-state index in [1.165, 1.54) is 18.0 Å². The van der Waals surface area contributed by atoms with Gasteiger partial charge in [-0.2, -0.15) is 0 Å². The van der Waals surface area contributed by atoms with Crippen molar-refractivity contribution in [2.24, 2.45) is 5.73 Å². The van der Waals surface area contributed by atoms with Gasteiger partial charge in [0.15, 0.2) is 0 Å². The molecule has 2 aromatic carbocycles. The standard InChI is InChI=1S/C28H22N6O3.C6H12N2O2.ClH/c1-16-11-22(28(36)37)32-21(16)13-20-24-25(29-15-30-26(24)33-27(20)35)31-19-7-8-23-18(12-19)9-10-34(23)14-17-5-3-2-4-6-17;7-6(9)5-8-1-3-10-4-2-8;/h2-13,15,32H,14H2,1H3,(H,36,37)(H2,29,30,31,33,35);1-5H2,(H2,7,9);1H. The molecule has 6 N–H and O–H groups in total. The van der Waals surface area contributed by atoms with E-state index >= 15 is 0 Å². The number of aromatic carboxylic acids is 1. The lowest BCUT2D eigenvalue weighted by atomic mass is 10.1. The van der Waals surface area contributed by atoms with E-state index in [1.54, 1.807) is 13.0 Å². The summed E-state index contributed by atoms with van der Waals surface area (Å²) < 4.78 is 7.29. The van der Waals surface area contributed by atoms with E-state index in [2.05, 4.69) is 60.6 Å². The van der Waals surface area contributed by atoms with Crippen LogP contribution in [0, 0.1) is 6.92 Å². The number of anilines is 3. The Balaban J connectivity index is 0.000000354. The molecule has 0 atom stereocenters. The number of benzene rings is 2. The van der Waals surface area contributed by atoms with Crippen LogP contribution in [0.15, 0.2) is 73.2 Å². The SMILES string of the molecule is Cc1cc(C(=O)O)[nH]c1C=C1C(=O)Nc2ncnc(Nc3ccc4c(ccn4Cc4ccccc4)c3)c21.Cl.NC(=O)CN1CCOCC1. The number of carboxylic acid groups (broad SMARTS) is 1. The molecule has 1 fully saturated rings. The fourth-order valence-electron chi connectivity index (χ4n) is 5.55. The number of carbonyl (C=O) groups is 3. The molecule has 2 amide bonds. The minimum absolute atomic E-state index is 0. The first-order valence-corrected chi connectivity index (χ1v) is 15.0. The lowest BCUT2D eigenvalue weighted by Gasteiger charge is -2.24. The van der Waals surface area contributed by atoms with Gasteiger partial charge in [-0.1, -0.05) is 30.3 Å². The third-order valence-electron chi connectivity index (χ3n) is 7.88. The Bertz CT molecular complexity index is 1980. The molecule has 0 unspecified atom stereocenters. The number of hydrogen-bond donors (Lipinski definition) is 5. The number of nitrogens with zero attached hydrogens (tertiary/aromatic N) is 4. The van der Waals surface area contributed by atoms with Crippen LogP contribution in [-0.2, 0) is 20.9 Å². The molecule has 0 bridgehead atoms. The molecule has 0 radical (unpaired) electrons. The molecule has 1 saturated heterocycles. The summed E-state index contributed by atoms with van der Waals surface area (Å²) in [5, 5.41) is 16.5. The second-order valence-corrected chi connectivity index (χ2v) is 11.2. The van der Waals surface area contributed by atoms with Crippen molar-refractivity contribution in [1.29, 1.82) is 0 Å². The molecule has 2 aliphatic rings. The molecule has 2 aliphatic heterocycles. The number of carbonyl (C=O) groups excluding carboxylic acids is 2. The summed E-state index contributed by atoms with van der Waals surface area (Å²) in [5.41, 5.74) is 10.3. The largest absolute Gasteiger partial charge is 0.477 e. The Morgan fingerprint density at radius 2 is 1.85 bits per heavy atom. The van der Waals surface area contributed by atoms with Crippen molar-refractivity contribution < 1.29 is 24.2 Å². The van der Waals surface area contributed by atoms with Crippen molar-refractivity contribution in [3.05, 3.63) is 101 Å². The molecule has 48 heavy (non-hydrogen) atoms. The molecule has 0 spiro atoms. The predicted molar refractivity (Wildman–Crippen MR) is 185 cm³/mol. The molecule has 3 aromatic heterocycles. The molecule has 0 aliphatic carbocycles. The summed E-state index contributed by atoms with van der Waals surface area (Å²) in [6, 6.07) is 20.0. The zero-order valence-corrected chi connectivity index (χ0v) is 26.9. The number of aryl methyl sites for hydroxylation is 1. The highest BCUT2D eigenvalue weighted by atomic mass is 35.5. The maximum absolute atomic E-state index is 12.8. The Morgan fingerprint density at radius 3 is 2.56 bits per heavy atom. The molecule has 14 heteroatoms. The number of hydrogen-bond acceptors (Lipinski definition) is 8. The van der Waals surface area contributed by atoms with Crippen LogP contribution in [0.3, 0.4) is 0 Å². The maximum Gasteiger partial charge on any atom is 0.352 e. The van der Waals surface area contributed by atoms with E-state index in [0.717, 1.165) is 36.2 Å². The van der Waals surface area contributed by atoms with Crippen LogP contribution in [0.4, 0.5) is 17.3 Å². The first kappa shape index (κ1) is 33.9. The number of primary amides is 1. The minimum Gasteiger partial charge on any atom is -0.477 e. The fourth-order valence-corrected chi connectivity index (χ4v) is 5.55. The molecule has 13 nitrogen and oxygen atoms in total. The van der Waals surface area contributed by atoms with Crippen LogP contribution in [0.1, 0.15) is 32.9 Å². The van der Waals surface area contributed by atoms with Crippen LogP contribution in [0.5, 0.6) is 0 Å². The molecule has 248 valence electrons. The lowest BCUT2D eigenvalue weighted by molar-refractivity contribution is -0.120. The smallest absolute Gasteiger partial charge is 0.352 e. The number of halogens is 1. The van der Waals surface area contributed by atoms with Gasteiger partial charge in [-0.25, -0.2) is 14.8 Å². The Labute approximate surface area is 282 Å². The average molecular weight is 671 g/mol. The number of aromatic nitrogens is 4. The van der Waals surface area contributed by atoms with Crippen LogP contribution in [0.25, 0.3) is 22.6 Å². The van der Waals surface area contributed by atoms with E-state index in [-0.39, 0.29) is 29.9 Å². The molecular formula is C34H35ClN8O5. The van der Waals surface area contributed by atoms with Crippen LogP contribution in [-0.4, -0.2) is 80.2 Å². The number of rotatable bonds is 8. The molecular weight excluding hydrogens is 636 g/mol. The third kappa shape index (κ3) is 7.72. The van der Waals surface area contributed by atoms with E-state index in [9.17, 15) is 19.5 Å². The summed E-state index contributed by atoms with van der Waals surface area (Å²) in [6.45, 7) is 6.00. The fraction of sp³-hybridized carbons (Fsp3) is 0.206. The van der Waals surface area contributed by atoms with Gasteiger partial charge in [0.2, 0.25) is 5.91 Å². The molecule has 7 rings (SSSR count). The van der Waals surface area contributed by atoms with Crippen molar-refractivity contribution in [1.82, 2.24) is 24.4 Å². The molecule has 5 aromatic rings. The second kappa shape index (κ2) is 14.9. The monoisotopic (exact) mass is 670 g/mol.